The number of fused-ring (bicyclic) bond motifs is 2. The molecule has 0 aliphatic heterocycles. The Balaban J connectivity index is 0.00000156. The van der Waals surface area contributed by atoms with Crippen molar-refractivity contribution >= 4 is 21.5 Å². The second-order valence-electron chi connectivity index (χ2n) is 5.78. The first-order chi connectivity index (χ1) is 10.8. The van der Waals surface area contributed by atoms with E-state index in [1.54, 1.807) is 0 Å². The quantitative estimate of drug-likeness (QED) is 0.368. The van der Waals surface area contributed by atoms with Gasteiger partial charge in [0.2, 0.25) is 0 Å². The summed E-state index contributed by atoms with van der Waals surface area (Å²) in [7, 11) is 0. The molecule has 4 rings (SSSR count). The van der Waals surface area contributed by atoms with Crippen LogP contribution in [0.1, 0.15) is 11.1 Å². The summed E-state index contributed by atoms with van der Waals surface area (Å²) >= 11 is 0. The normalized spacial score (nSPS) is 10.7. The molecule has 0 nitrogen and oxygen atoms in total. The van der Waals surface area contributed by atoms with E-state index < -0.39 is 0 Å². The summed E-state index contributed by atoms with van der Waals surface area (Å²) < 4.78 is 0. The van der Waals surface area contributed by atoms with Gasteiger partial charge in [-0.2, -0.15) is 24.3 Å². The first-order valence-electron chi connectivity index (χ1n) is 7.56. The summed E-state index contributed by atoms with van der Waals surface area (Å²) in [6.45, 7) is 4.31. The molecule has 0 fully saturated rings. The van der Waals surface area contributed by atoms with E-state index in [1.165, 1.54) is 32.7 Å². The Kier molecular flexibility index (Phi) is 4.66. The van der Waals surface area contributed by atoms with Crippen LogP contribution in [0, 0.1) is 26.0 Å². The molecule has 0 unspecified atom stereocenters. The zero-order valence-corrected chi connectivity index (χ0v) is 16.2. The van der Waals surface area contributed by atoms with Crippen molar-refractivity contribution in [2.45, 2.75) is 13.8 Å². The molecule has 4 aromatic carbocycles. The molecule has 0 atom stereocenters. The molecule has 109 valence electrons. The van der Waals surface area contributed by atoms with Gasteiger partial charge in [-0.25, -0.2) is 11.1 Å². The van der Waals surface area contributed by atoms with Crippen LogP contribution in [-0.4, -0.2) is 0 Å². The van der Waals surface area contributed by atoms with Crippen molar-refractivity contribution in [3.8, 4) is 11.1 Å². The molecule has 0 aliphatic carbocycles. The van der Waals surface area contributed by atoms with E-state index in [0.717, 1.165) is 11.1 Å². The van der Waals surface area contributed by atoms with E-state index in [-0.39, 0.29) is 32.7 Å². The SMILES string of the molecule is Cc1cccc2c(-c3[c-]ccc4c(C)cccc34)[c-]ccc12.[Y]. The number of hydrogen-bond donors (Lipinski definition) is 0. The van der Waals surface area contributed by atoms with Gasteiger partial charge in [-0.15, -0.1) is 45.8 Å². The number of rotatable bonds is 1. The molecule has 0 heterocycles. The molecule has 0 aromatic heterocycles. The number of aryl methyl sites for hydroxylation is 2. The Bertz CT molecular complexity index is 916. The van der Waals surface area contributed by atoms with Gasteiger partial charge in [-0.3, -0.25) is 0 Å². The van der Waals surface area contributed by atoms with E-state index in [2.05, 4.69) is 74.5 Å². The minimum absolute atomic E-state index is 0. The first-order valence-corrected chi connectivity index (χ1v) is 7.56. The molecule has 0 amide bonds. The van der Waals surface area contributed by atoms with Crippen molar-refractivity contribution in [2.75, 3.05) is 0 Å². The maximum atomic E-state index is 3.44. The standard InChI is InChI=1S/C22H16.Y/c1-15-7-3-11-19-17(15)9-5-13-21(19)22-14-6-10-18-16(2)8-4-12-20(18)22;/h3-12H,1-2H3;/q-2;. The molecule has 0 aliphatic rings. The van der Waals surface area contributed by atoms with Gasteiger partial charge >= 0.3 is 0 Å². The van der Waals surface area contributed by atoms with Crippen LogP contribution in [0.3, 0.4) is 0 Å². The largest absolute Gasteiger partial charge is 0.218 e. The topological polar surface area (TPSA) is 0 Å². The Morgan fingerprint density at radius 2 is 1.00 bits per heavy atom. The summed E-state index contributed by atoms with van der Waals surface area (Å²) in [4.78, 5) is 0. The van der Waals surface area contributed by atoms with Crippen LogP contribution in [0.2, 0.25) is 0 Å². The zero-order valence-electron chi connectivity index (χ0n) is 13.4. The van der Waals surface area contributed by atoms with Gasteiger partial charge in [-0.1, -0.05) is 35.4 Å². The second-order valence-corrected chi connectivity index (χ2v) is 5.78. The third-order valence-corrected chi connectivity index (χ3v) is 4.39. The molecule has 0 N–H and O–H groups in total. The summed E-state index contributed by atoms with van der Waals surface area (Å²) in [5, 5.41) is 5.06. The maximum Gasteiger partial charge on any atom is 0 e. The molecule has 0 saturated heterocycles. The molecule has 0 spiro atoms. The van der Waals surface area contributed by atoms with Crippen LogP contribution in [0.15, 0.2) is 60.7 Å². The minimum atomic E-state index is 0. The summed E-state index contributed by atoms with van der Waals surface area (Å²) in [5.41, 5.74) is 4.86. The Morgan fingerprint density at radius 1 is 0.565 bits per heavy atom. The molecule has 1 radical (unpaired) electrons. The van der Waals surface area contributed by atoms with Crippen LogP contribution in [0.5, 0.6) is 0 Å². The zero-order chi connectivity index (χ0) is 15.1. The van der Waals surface area contributed by atoms with Crippen molar-refractivity contribution < 1.29 is 32.7 Å². The molecule has 0 saturated carbocycles. The van der Waals surface area contributed by atoms with E-state index in [1.807, 2.05) is 12.1 Å². The van der Waals surface area contributed by atoms with Gasteiger partial charge in [0, 0.05) is 32.7 Å². The van der Waals surface area contributed by atoms with Crippen molar-refractivity contribution in [1.82, 2.24) is 0 Å². The van der Waals surface area contributed by atoms with Gasteiger partial charge < -0.3 is 0 Å². The average molecular weight is 369 g/mol. The monoisotopic (exact) mass is 369 g/mol. The van der Waals surface area contributed by atoms with Gasteiger partial charge in [0.25, 0.3) is 0 Å². The number of hydrogen-bond acceptors (Lipinski definition) is 0. The van der Waals surface area contributed by atoms with Crippen molar-refractivity contribution in [2.24, 2.45) is 0 Å². The Morgan fingerprint density at radius 3 is 1.43 bits per heavy atom. The Labute approximate surface area is 162 Å². The molecular weight excluding hydrogens is 353 g/mol. The second kappa shape index (κ2) is 6.55. The van der Waals surface area contributed by atoms with Crippen LogP contribution < -0.4 is 0 Å². The van der Waals surface area contributed by atoms with Gasteiger partial charge in [0.15, 0.2) is 0 Å². The van der Waals surface area contributed by atoms with Gasteiger partial charge in [0.05, 0.1) is 0 Å². The van der Waals surface area contributed by atoms with Crippen LogP contribution in [0.25, 0.3) is 32.7 Å². The van der Waals surface area contributed by atoms with Crippen LogP contribution in [-0.2, 0) is 32.7 Å². The van der Waals surface area contributed by atoms with E-state index >= 15 is 0 Å². The van der Waals surface area contributed by atoms with Crippen molar-refractivity contribution in [1.29, 1.82) is 0 Å². The van der Waals surface area contributed by atoms with Crippen molar-refractivity contribution in [3.05, 3.63) is 83.9 Å². The fourth-order valence-corrected chi connectivity index (χ4v) is 3.23. The fraction of sp³-hybridized carbons (Fsp3) is 0.0909. The van der Waals surface area contributed by atoms with E-state index in [4.69, 9.17) is 0 Å². The summed E-state index contributed by atoms with van der Waals surface area (Å²) in [6, 6.07) is 28.1. The molecule has 0 bridgehead atoms. The molecule has 4 aromatic rings. The fourth-order valence-electron chi connectivity index (χ4n) is 3.23. The molecular formula is C22H16Y-2. The Hall–Kier alpha value is -1.50. The van der Waals surface area contributed by atoms with E-state index in [9.17, 15) is 0 Å². The van der Waals surface area contributed by atoms with Crippen molar-refractivity contribution in [3.63, 3.8) is 0 Å². The number of benzene rings is 4. The van der Waals surface area contributed by atoms with Gasteiger partial charge in [0.1, 0.15) is 0 Å². The van der Waals surface area contributed by atoms with Crippen LogP contribution >= 0.6 is 0 Å². The first kappa shape index (κ1) is 16.4. The molecule has 23 heavy (non-hydrogen) atoms. The smallest absolute Gasteiger partial charge is 0 e. The predicted molar refractivity (Wildman–Crippen MR) is 94.0 cm³/mol. The van der Waals surface area contributed by atoms with Crippen LogP contribution in [0.4, 0.5) is 0 Å². The molecule has 1 heteroatoms. The van der Waals surface area contributed by atoms with Gasteiger partial charge in [-0.05, 0) is 13.8 Å². The predicted octanol–water partition coefficient (Wildman–Crippen LogP) is 5.87. The summed E-state index contributed by atoms with van der Waals surface area (Å²) in [6.07, 6.45) is 0. The average Bonchev–Trinajstić information content (AvgIpc) is 2.55. The maximum absolute atomic E-state index is 3.44. The minimum Gasteiger partial charge on any atom is -0.218 e. The summed E-state index contributed by atoms with van der Waals surface area (Å²) in [5.74, 6) is 0. The van der Waals surface area contributed by atoms with E-state index in [0.29, 0.717) is 0 Å². The third kappa shape index (κ3) is 2.75. The third-order valence-electron chi connectivity index (χ3n) is 4.39.